The van der Waals surface area contributed by atoms with Gasteiger partial charge in [-0.2, -0.15) is 0 Å². The molecule has 0 spiro atoms. The third kappa shape index (κ3) is 5.09. The molecule has 0 saturated carbocycles. The number of benzene rings is 2. The summed E-state index contributed by atoms with van der Waals surface area (Å²) in [7, 11) is 0. The highest BCUT2D eigenvalue weighted by atomic mass is 16.5. The summed E-state index contributed by atoms with van der Waals surface area (Å²) in [6.45, 7) is 7.43. The third-order valence-corrected chi connectivity index (χ3v) is 4.91. The Labute approximate surface area is 156 Å². The fraction of sp³-hybridized carbons (Fsp3) is 0.409. The molecule has 1 saturated heterocycles. The van der Waals surface area contributed by atoms with Gasteiger partial charge in [0.2, 0.25) is 0 Å². The van der Waals surface area contributed by atoms with Crippen LogP contribution in [0.25, 0.3) is 0 Å². The van der Waals surface area contributed by atoms with Gasteiger partial charge in [-0.3, -0.25) is 4.79 Å². The molecule has 26 heavy (non-hydrogen) atoms. The van der Waals surface area contributed by atoms with E-state index in [1.807, 2.05) is 48.5 Å². The molecule has 1 atom stereocenters. The number of nitrogens with one attached hydrogen (secondary N) is 1. The van der Waals surface area contributed by atoms with Crippen LogP contribution in [0, 0.1) is 5.92 Å². The number of rotatable bonds is 6. The van der Waals surface area contributed by atoms with Gasteiger partial charge in [0, 0.05) is 24.7 Å². The summed E-state index contributed by atoms with van der Waals surface area (Å²) in [5, 5.41) is 3.10. The van der Waals surface area contributed by atoms with Crippen molar-refractivity contribution in [3.05, 3.63) is 60.2 Å². The number of ether oxygens (including phenoxy) is 1. The minimum atomic E-state index is -0.0369. The average Bonchev–Trinajstić information content (AvgIpc) is 2.67. The zero-order valence-corrected chi connectivity index (χ0v) is 15.7. The monoisotopic (exact) mass is 352 g/mol. The molecule has 0 aromatic heterocycles. The molecule has 2 aromatic carbocycles. The fourth-order valence-electron chi connectivity index (χ4n) is 3.40. The predicted octanol–water partition coefficient (Wildman–Crippen LogP) is 4.33. The number of hydrogen-bond acceptors (Lipinski definition) is 3. The molecule has 0 bridgehead atoms. The molecule has 1 N–H and O–H groups in total. The van der Waals surface area contributed by atoms with Crippen molar-refractivity contribution in [3.8, 4) is 11.5 Å². The number of nitrogens with zero attached hydrogens (tertiary/aromatic N) is 1. The number of amides is 1. The van der Waals surface area contributed by atoms with Crippen molar-refractivity contribution in [3.63, 3.8) is 0 Å². The standard InChI is InChI=1S/C22H28N2O2/c1-17(2)24-13-7-8-18(16-24)15-23-22(25)19-9-6-12-21(14-19)26-20-10-4-3-5-11-20/h3-6,9-12,14,17-18H,7-8,13,15-16H2,1-2H3,(H,23,25). The van der Waals surface area contributed by atoms with E-state index in [-0.39, 0.29) is 5.91 Å². The number of para-hydroxylation sites is 1. The zero-order valence-electron chi connectivity index (χ0n) is 15.7. The van der Waals surface area contributed by atoms with E-state index in [1.54, 1.807) is 6.07 Å². The van der Waals surface area contributed by atoms with Crippen molar-refractivity contribution < 1.29 is 9.53 Å². The van der Waals surface area contributed by atoms with Crippen LogP contribution in [0.4, 0.5) is 0 Å². The minimum absolute atomic E-state index is 0.0369. The molecule has 1 aliphatic heterocycles. The Morgan fingerprint density at radius 2 is 1.92 bits per heavy atom. The van der Waals surface area contributed by atoms with Gasteiger partial charge in [0.15, 0.2) is 0 Å². The Morgan fingerprint density at radius 3 is 2.69 bits per heavy atom. The molecule has 0 aliphatic carbocycles. The van der Waals surface area contributed by atoms with Gasteiger partial charge in [0.1, 0.15) is 11.5 Å². The van der Waals surface area contributed by atoms with Crippen molar-refractivity contribution >= 4 is 5.91 Å². The van der Waals surface area contributed by atoms with Crippen molar-refractivity contribution in [1.29, 1.82) is 0 Å². The number of hydrogen-bond donors (Lipinski definition) is 1. The second kappa shape index (κ2) is 8.86. The lowest BCUT2D eigenvalue weighted by Crippen LogP contribution is -2.43. The van der Waals surface area contributed by atoms with E-state index in [0.29, 0.717) is 23.3 Å². The maximum absolute atomic E-state index is 12.5. The zero-order chi connectivity index (χ0) is 18.4. The molecule has 1 heterocycles. The van der Waals surface area contributed by atoms with E-state index < -0.39 is 0 Å². The molecule has 4 nitrogen and oxygen atoms in total. The van der Waals surface area contributed by atoms with Crippen LogP contribution in [0.3, 0.4) is 0 Å². The van der Waals surface area contributed by atoms with Gasteiger partial charge in [-0.1, -0.05) is 24.3 Å². The lowest BCUT2D eigenvalue weighted by atomic mass is 9.97. The Balaban J connectivity index is 1.55. The van der Waals surface area contributed by atoms with Gasteiger partial charge in [-0.05, 0) is 69.5 Å². The summed E-state index contributed by atoms with van der Waals surface area (Å²) in [6, 6.07) is 17.5. The highest BCUT2D eigenvalue weighted by Gasteiger charge is 2.22. The maximum atomic E-state index is 12.5. The highest BCUT2D eigenvalue weighted by molar-refractivity contribution is 5.94. The molecular weight excluding hydrogens is 324 g/mol. The van der Waals surface area contributed by atoms with Crippen molar-refractivity contribution in [2.75, 3.05) is 19.6 Å². The molecule has 138 valence electrons. The normalized spacial score (nSPS) is 17.9. The Morgan fingerprint density at radius 1 is 1.15 bits per heavy atom. The smallest absolute Gasteiger partial charge is 0.251 e. The minimum Gasteiger partial charge on any atom is -0.457 e. The number of carbonyl (C=O) groups is 1. The molecule has 3 rings (SSSR count). The third-order valence-electron chi connectivity index (χ3n) is 4.91. The Kier molecular flexibility index (Phi) is 6.29. The SMILES string of the molecule is CC(C)N1CCCC(CNC(=O)c2cccc(Oc3ccccc3)c2)C1. The largest absolute Gasteiger partial charge is 0.457 e. The molecule has 2 aromatic rings. The first-order valence-corrected chi connectivity index (χ1v) is 9.47. The van der Waals surface area contributed by atoms with Gasteiger partial charge in [0.05, 0.1) is 0 Å². The summed E-state index contributed by atoms with van der Waals surface area (Å²) in [4.78, 5) is 15.0. The van der Waals surface area contributed by atoms with Gasteiger partial charge in [0.25, 0.3) is 5.91 Å². The van der Waals surface area contributed by atoms with Crippen molar-refractivity contribution in [1.82, 2.24) is 10.2 Å². The van der Waals surface area contributed by atoms with Gasteiger partial charge in [-0.25, -0.2) is 0 Å². The summed E-state index contributed by atoms with van der Waals surface area (Å²) < 4.78 is 5.82. The number of likely N-dealkylation sites (tertiary alicyclic amines) is 1. The van der Waals surface area contributed by atoms with E-state index in [1.165, 1.54) is 19.4 Å². The molecule has 1 fully saturated rings. The molecule has 0 radical (unpaired) electrons. The number of piperidine rings is 1. The quantitative estimate of drug-likeness (QED) is 0.841. The average molecular weight is 352 g/mol. The van der Waals surface area contributed by atoms with Crippen LogP contribution < -0.4 is 10.1 Å². The fourth-order valence-corrected chi connectivity index (χ4v) is 3.40. The lowest BCUT2D eigenvalue weighted by molar-refractivity contribution is 0.0922. The lowest BCUT2D eigenvalue weighted by Gasteiger charge is -2.35. The first-order valence-electron chi connectivity index (χ1n) is 9.47. The van der Waals surface area contributed by atoms with Crippen LogP contribution in [0.2, 0.25) is 0 Å². The van der Waals surface area contributed by atoms with Gasteiger partial charge in [-0.15, -0.1) is 0 Å². The Bertz CT molecular complexity index is 715. The van der Waals surface area contributed by atoms with E-state index >= 15 is 0 Å². The van der Waals surface area contributed by atoms with Gasteiger partial charge < -0.3 is 15.0 Å². The van der Waals surface area contributed by atoms with Crippen LogP contribution >= 0.6 is 0 Å². The topological polar surface area (TPSA) is 41.6 Å². The highest BCUT2D eigenvalue weighted by Crippen LogP contribution is 2.22. The van der Waals surface area contributed by atoms with Crippen LogP contribution in [0.5, 0.6) is 11.5 Å². The first-order chi connectivity index (χ1) is 12.6. The molecule has 1 aliphatic rings. The number of carbonyl (C=O) groups excluding carboxylic acids is 1. The van der Waals surface area contributed by atoms with E-state index in [0.717, 1.165) is 18.8 Å². The van der Waals surface area contributed by atoms with E-state index in [9.17, 15) is 4.79 Å². The molecular formula is C22H28N2O2. The van der Waals surface area contributed by atoms with Crippen LogP contribution in [-0.4, -0.2) is 36.5 Å². The van der Waals surface area contributed by atoms with Gasteiger partial charge >= 0.3 is 0 Å². The van der Waals surface area contributed by atoms with Crippen LogP contribution in [-0.2, 0) is 0 Å². The van der Waals surface area contributed by atoms with Crippen molar-refractivity contribution in [2.24, 2.45) is 5.92 Å². The maximum Gasteiger partial charge on any atom is 0.251 e. The molecule has 1 amide bonds. The molecule has 1 unspecified atom stereocenters. The second-order valence-electron chi connectivity index (χ2n) is 7.25. The van der Waals surface area contributed by atoms with Crippen LogP contribution in [0.1, 0.15) is 37.0 Å². The first kappa shape index (κ1) is 18.5. The van der Waals surface area contributed by atoms with Crippen LogP contribution in [0.15, 0.2) is 54.6 Å². The predicted molar refractivity (Wildman–Crippen MR) is 105 cm³/mol. The van der Waals surface area contributed by atoms with E-state index in [2.05, 4.69) is 24.1 Å². The summed E-state index contributed by atoms with van der Waals surface area (Å²) in [5.41, 5.74) is 0.634. The Hall–Kier alpha value is -2.33. The summed E-state index contributed by atoms with van der Waals surface area (Å²) >= 11 is 0. The summed E-state index contributed by atoms with van der Waals surface area (Å²) in [6.07, 6.45) is 2.39. The second-order valence-corrected chi connectivity index (χ2v) is 7.25. The van der Waals surface area contributed by atoms with E-state index in [4.69, 9.17) is 4.74 Å². The van der Waals surface area contributed by atoms with Crippen molar-refractivity contribution in [2.45, 2.75) is 32.7 Å². The molecule has 4 heteroatoms. The summed E-state index contributed by atoms with van der Waals surface area (Å²) in [5.74, 6) is 1.93.